The van der Waals surface area contributed by atoms with Gasteiger partial charge in [-0.2, -0.15) is 0 Å². The SMILES string of the molecule is C/C=C\N=c1/[nH]ccnc1C. The second-order valence-electron chi connectivity index (χ2n) is 2.13. The van der Waals surface area contributed by atoms with Crippen LogP contribution in [0.25, 0.3) is 0 Å². The van der Waals surface area contributed by atoms with E-state index in [-0.39, 0.29) is 0 Å². The first-order valence-corrected chi connectivity index (χ1v) is 3.50. The van der Waals surface area contributed by atoms with Crippen molar-refractivity contribution >= 4 is 0 Å². The van der Waals surface area contributed by atoms with E-state index in [0.717, 1.165) is 11.2 Å². The van der Waals surface area contributed by atoms with Crippen LogP contribution in [0.4, 0.5) is 0 Å². The highest BCUT2D eigenvalue weighted by molar-refractivity contribution is 4.92. The molecule has 0 aliphatic rings. The summed E-state index contributed by atoms with van der Waals surface area (Å²) in [6.07, 6.45) is 7.08. The Hall–Kier alpha value is -1.38. The van der Waals surface area contributed by atoms with Crippen molar-refractivity contribution in [3.63, 3.8) is 0 Å². The normalized spacial score (nSPS) is 12.7. The van der Waals surface area contributed by atoms with Crippen molar-refractivity contribution in [2.75, 3.05) is 0 Å². The summed E-state index contributed by atoms with van der Waals surface area (Å²) in [5.41, 5.74) is 1.72. The van der Waals surface area contributed by atoms with Crippen LogP contribution in [0, 0.1) is 6.92 Å². The summed E-state index contributed by atoms with van der Waals surface area (Å²) < 4.78 is 0. The fourth-order valence-electron chi connectivity index (χ4n) is 0.711. The number of allylic oxidation sites excluding steroid dienone is 1. The van der Waals surface area contributed by atoms with Crippen LogP contribution in [-0.4, -0.2) is 9.97 Å². The lowest BCUT2D eigenvalue weighted by Gasteiger charge is -1.89. The predicted molar refractivity (Wildman–Crippen MR) is 43.7 cm³/mol. The smallest absolute Gasteiger partial charge is 0.151 e. The van der Waals surface area contributed by atoms with Gasteiger partial charge in [0.05, 0.1) is 5.69 Å². The van der Waals surface area contributed by atoms with Crippen LogP contribution in [0.2, 0.25) is 0 Å². The first-order chi connectivity index (χ1) is 5.34. The molecule has 0 atom stereocenters. The third-order valence-corrected chi connectivity index (χ3v) is 1.26. The van der Waals surface area contributed by atoms with E-state index in [9.17, 15) is 0 Å². The minimum Gasteiger partial charge on any atom is -0.344 e. The van der Waals surface area contributed by atoms with E-state index in [2.05, 4.69) is 15.0 Å². The van der Waals surface area contributed by atoms with Crippen LogP contribution in [0.5, 0.6) is 0 Å². The van der Waals surface area contributed by atoms with E-state index in [1.54, 1.807) is 18.6 Å². The van der Waals surface area contributed by atoms with E-state index in [1.165, 1.54) is 0 Å². The van der Waals surface area contributed by atoms with Gasteiger partial charge >= 0.3 is 0 Å². The molecule has 1 aromatic rings. The lowest BCUT2D eigenvalue weighted by atomic mass is 10.5. The van der Waals surface area contributed by atoms with Gasteiger partial charge in [-0.3, -0.25) is 4.98 Å². The Morgan fingerprint density at radius 2 is 2.45 bits per heavy atom. The fraction of sp³-hybridized carbons (Fsp3) is 0.250. The molecule has 3 nitrogen and oxygen atoms in total. The Balaban J connectivity index is 3.13. The topological polar surface area (TPSA) is 41.0 Å². The summed E-state index contributed by atoms with van der Waals surface area (Å²) in [5, 5.41) is 0. The Labute approximate surface area is 65.5 Å². The van der Waals surface area contributed by atoms with E-state index in [0.29, 0.717) is 0 Å². The van der Waals surface area contributed by atoms with Crippen LogP contribution in [-0.2, 0) is 0 Å². The maximum absolute atomic E-state index is 4.13. The molecule has 0 radical (unpaired) electrons. The standard InChI is InChI=1S/C8H11N3/c1-3-4-10-8-7(2)9-5-6-11-8/h3-6H,1-2H3,(H,10,11)/b4-3-. The minimum atomic E-state index is 0.811. The zero-order chi connectivity index (χ0) is 8.10. The number of aromatic amines is 1. The zero-order valence-electron chi connectivity index (χ0n) is 6.70. The summed E-state index contributed by atoms with van der Waals surface area (Å²) in [4.78, 5) is 11.2. The summed E-state index contributed by atoms with van der Waals surface area (Å²) in [6.45, 7) is 3.84. The van der Waals surface area contributed by atoms with Crippen molar-refractivity contribution in [1.82, 2.24) is 9.97 Å². The number of hydrogen-bond donors (Lipinski definition) is 1. The first kappa shape index (κ1) is 7.72. The molecular formula is C8H11N3. The Morgan fingerprint density at radius 3 is 3.09 bits per heavy atom. The fourth-order valence-corrected chi connectivity index (χ4v) is 0.711. The largest absolute Gasteiger partial charge is 0.344 e. The lowest BCUT2D eigenvalue weighted by Crippen LogP contribution is -2.11. The van der Waals surface area contributed by atoms with E-state index in [4.69, 9.17) is 0 Å². The van der Waals surface area contributed by atoms with Crippen molar-refractivity contribution in [1.29, 1.82) is 0 Å². The van der Waals surface area contributed by atoms with Crippen molar-refractivity contribution in [2.24, 2.45) is 4.99 Å². The van der Waals surface area contributed by atoms with Crippen LogP contribution < -0.4 is 5.49 Å². The van der Waals surface area contributed by atoms with Gasteiger partial charge in [-0.1, -0.05) is 6.08 Å². The van der Waals surface area contributed by atoms with E-state index >= 15 is 0 Å². The molecule has 0 amide bonds. The molecule has 0 saturated heterocycles. The highest BCUT2D eigenvalue weighted by Crippen LogP contribution is 1.77. The second kappa shape index (κ2) is 3.71. The molecule has 0 saturated carbocycles. The molecule has 0 spiro atoms. The molecule has 1 aromatic heterocycles. The molecule has 0 unspecified atom stereocenters. The van der Waals surface area contributed by atoms with Gasteiger partial charge in [0.2, 0.25) is 0 Å². The lowest BCUT2D eigenvalue weighted by molar-refractivity contribution is 1.01. The van der Waals surface area contributed by atoms with Gasteiger partial charge < -0.3 is 4.98 Å². The Kier molecular flexibility index (Phi) is 2.60. The molecule has 0 fully saturated rings. The molecule has 0 aromatic carbocycles. The van der Waals surface area contributed by atoms with Gasteiger partial charge in [0, 0.05) is 18.6 Å². The maximum Gasteiger partial charge on any atom is 0.151 e. The number of aryl methyl sites for hydroxylation is 1. The van der Waals surface area contributed by atoms with Crippen molar-refractivity contribution in [3.8, 4) is 0 Å². The minimum absolute atomic E-state index is 0.811. The van der Waals surface area contributed by atoms with Gasteiger partial charge in [0.15, 0.2) is 5.49 Å². The number of aromatic nitrogens is 2. The summed E-state index contributed by atoms with van der Waals surface area (Å²) >= 11 is 0. The molecule has 11 heavy (non-hydrogen) atoms. The first-order valence-electron chi connectivity index (χ1n) is 3.50. The monoisotopic (exact) mass is 149 g/mol. The molecule has 3 heteroatoms. The van der Waals surface area contributed by atoms with Gasteiger partial charge in [-0.05, 0) is 13.8 Å². The maximum atomic E-state index is 4.13. The molecule has 0 bridgehead atoms. The Bertz CT molecular complexity index is 309. The van der Waals surface area contributed by atoms with E-state index in [1.807, 2.05) is 19.9 Å². The summed E-state index contributed by atoms with van der Waals surface area (Å²) in [6, 6.07) is 0. The van der Waals surface area contributed by atoms with Crippen molar-refractivity contribution in [2.45, 2.75) is 13.8 Å². The van der Waals surface area contributed by atoms with Gasteiger partial charge in [-0.25, -0.2) is 4.99 Å². The van der Waals surface area contributed by atoms with Gasteiger partial charge in [0.1, 0.15) is 0 Å². The Morgan fingerprint density at radius 1 is 1.64 bits per heavy atom. The number of H-pyrrole nitrogens is 1. The average molecular weight is 149 g/mol. The molecule has 1 rings (SSSR count). The van der Waals surface area contributed by atoms with Crippen molar-refractivity contribution in [3.05, 3.63) is 35.9 Å². The number of rotatable bonds is 1. The average Bonchev–Trinajstić information content (AvgIpc) is 2.03. The third kappa shape index (κ3) is 2.04. The van der Waals surface area contributed by atoms with Crippen molar-refractivity contribution < 1.29 is 0 Å². The number of nitrogens with one attached hydrogen (secondary N) is 1. The van der Waals surface area contributed by atoms with E-state index < -0.39 is 0 Å². The molecule has 58 valence electrons. The van der Waals surface area contributed by atoms with Gasteiger partial charge in [0.25, 0.3) is 0 Å². The van der Waals surface area contributed by atoms with Crippen LogP contribution in [0.1, 0.15) is 12.6 Å². The van der Waals surface area contributed by atoms with Crippen LogP contribution in [0.15, 0.2) is 29.7 Å². The highest BCUT2D eigenvalue weighted by Gasteiger charge is 1.84. The van der Waals surface area contributed by atoms with Crippen LogP contribution in [0.3, 0.4) is 0 Å². The van der Waals surface area contributed by atoms with Crippen LogP contribution >= 0.6 is 0 Å². The predicted octanol–water partition coefficient (Wildman–Crippen LogP) is 1.15. The summed E-state index contributed by atoms with van der Waals surface area (Å²) in [7, 11) is 0. The third-order valence-electron chi connectivity index (χ3n) is 1.26. The highest BCUT2D eigenvalue weighted by atomic mass is 14.9. The number of nitrogens with zero attached hydrogens (tertiary/aromatic N) is 2. The molecule has 1 N–H and O–H groups in total. The molecule has 0 aliphatic heterocycles. The molecule has 1 heterocycles. The molecular weight excluding hydrogens is 138 g/mol. The zero-order valence-corrected chi connectivity index (χ0v) is 6.70. The summed E-state index contributed by atoms with van der Waals surface area (Å²) in [5.74, 6) is 0. The quantitative estimate of drug-likeness (QED) is 0.639. The number of hydrogen-bond acceptors (Lipinski definition) is 2. The second-order valence-corrected chi connectivity index (χ2v) is 2.13. The molecule has 0 aliphatic carbocycles. The van der Waals surface area contributed by atoms with Gasteiger partial charge in [-0.15, -0.1) is 0 Å².